The van der Waals surface area contributed by atoms with Gasteiger partial charge in [0, 0.05) is 31.1 Å². The molecule has 3 aromatic carbocycles. The Morgan fingerprint density at radius 1 is 0.768 bits per heavy atom. The van der Waals surface area contributed by atoms with Crippen LogP contribution >= 0.6 is 0 Å². The molecular formula is C42H55N5O9. The van der Waals surface area contributed by atoms with E-state index in [0.717, 1.165) is 45.5 Å². The highest BCUT2D eigenvalue weighted by Crippen LogP contribution is 2.35. The van der Waals surface area contributed by atoms with E-state index in [1.807, 2.05) is 79.7 Å². The Hall–Kier alpha value is -5.12. The molecule has 1 aromatic heterocycles. The quantitative estimate of drug-likeness (QED) is 0.0503. The number of carboxylic acids is 1. The Morgan fingerprint density at radius 3 is 2.09 bits per heavy atom. The van der Waals surface area contributed by atoms with Crippen molar-refractivity contribution >= 4 is 34.4 Å². The van der Waals surface area contributed by atoms with Gasteiger partial charge >= 0.3 is 5.97 Å². The summed E-state index contributed by atoms with van der Waals surface area (Å²) >= 11 is 0. The van der Waals surface area contributed by atoms with E-state index in [0.29, 0.717) is 84.5 Å². The summed E-state index contributed by atoms with van der Waals surface area (Å²) in [6.45, 7) is 7.12. The van der Waals surface area contributed by atoms with Gasteiger partial charge < -0.3 is 50.5 Å². The molecule has 0 saturated carbocycles. The van der Waals surface area contributed by atoms with Crippen molar-refractivity contribution in [2.75, 3.05) is 84.4 Å². The van der Waals surface area contributed by atoms with Crippen molar-refractivity contribution in [1.29, 1.82) is 0 Å². The summed E-state index contributed by atoms with van der Waals surface area (Å²) in [6.07, 6.45) is 3.11. The third-order valence-corrected chi connectivity index (χ3v) is 8.58. The molecule has 0 aliphatic heterocycles. The van der Waals surface area contributed by atoms with Crippen LogP contribution in [0.3, 0.4) is 0 Å². The Bertz CT molecular complexity index is 1790. The first-order chi connectivity index (χ1) is 27.3. The zero-order valence-corrected chi connectivity index (χ0v) is 32.1. The topological polar surface area (TPSA) is 193 Å². The first-order valence-corrected chi connectivity index (χ1v) is 19.0. The predicted molar refractivity (Wildman–Crippen MR) is 215 cm³/mol. The average Bonchev–Trinajstić information content (AvgIpc) is 3.19. The fourth-order valence-electron chi connectivity index (χ4n) is 5.80. The summed E-state index contributed by atoms with van der Waals surface area (Å²) in [7, 11) is 0. The number of fused-ring (bicyclic) bond motifs is 1. The number of ether oxygens (including phenoxy) is 5. The number of aliphatic carboxylic acids is 1. The van der Waals surface area contributed by atoms with Crippen LogP contribution in [0.1, 0.15) is 42.9 Å². The molecule has 4 rings (SSSR count). The fraction of sp³-hybridized carbons (Fsp3) is 0.429. The highest BCUT2D eigenvalue weighted by Gasteiger charge is 2.19. The highest BCUT2D eigenvalue weighted by atomic mass is 16.6. The molecule has 4 aromatic rings. The van der Waals surface area contributed by atoms with Crippen LogP contribution in [0.25, 0.3) is 21.9 Å². The second kappa shape index (κ2) is 25.1. The molecule has 1 heterocycles. The van der Waals surface area contributed by atoms with Crippen LogP contribution in [0.2, 0.25) is 0 Å². The minimum absolute atomic E-state index is 0.245. The molecule has 0 radical (unpaired) electrons. The lowest BCUT2D eigenvalue weighted by atomic mass is 9.95. The van der Waals surface area contributed by atoms with Crippen molar-refractivity contribution in [3.63, 3.8) is 0 Å². The maximum atomic E-state index is 12.8. The van der Waals surface area contributed by atoms with E-state index in [9.17, 15) is 19.5 Å². The van der Waals surface area contributed by atoms with Crippen LogP contribution in [0.5, 0.6) is 5.75 Å². The maximum Gasteiger partial charge on any atom is 0.305 e. The number of rotatable bonds is 28. The molecule has 1 atom stereocenters. The number of nitrogens with two attached hydrogens (primary N) is 1. The van der Waals surface area contributed by atoms with Crippen molar-refractivity contribution < 1.29 is 43.2 Å². The van der Waals surface area contributed by atoms with Gasteiger partial charge in [0.2, 0.25) is 11.8 Å². The van der Waals surface area contributed by atoms with Gasteiger partial charge in [-0.05, 0) is 65.6 Å². The number of unbranched alkanes of at least 4 members (excludes halogenated alkanes) is 1. The molecule has 0 bridgehead atoms. The van der Waals surface area contributed by atoms with Gasteiger partial charge in [0.15, 0.2) is 0 Å². The molecule has 0 saturated heterocycles. The van der Waals surface area contributed by atoms with Gasteiger partial charge in [-0.3, -0.25) is 14.4 Å². The van der Waals surface area contributed by atoms with Gasteiger partial charge in [0.05, 0.1) is 71.9 Å². The van der Waals surface area contributed by atoms with E-state index >= 15 is 0 Å². The number of benzene rings is 3. The number of nitrogens with zero attached hydrogens (tertiary/aromatic N) is 1. The molecule has 0 aliphatic carbocycles. The SMILES string of the molecule is Cc1ccnc(NCCCCC(=O)NCC(=O)NC(CC(=O)O)c2ccc(-c3ccc(OCCOCCOCCOCCOCCN)c4ccccc34)cc2)c1. The fourth-order valence-corrected chi connectivity index (χ4v) is 5.80. The van der Waals surface area contributed by atoms with Crippen molar-refractivity contribution in [3.05, 3.63) is 90.1 Å². The Balaban J connectivity index is 1.21. The summed E-state index contributed by atoms with van der Waals surface area (Å²) in [5, 5.41) is 20.2. The van der Waals surface area contributed by atoms with Crippen LogP contribution in [-0.4, -0.2) is 107 Å². The van der Waals surface area contributed by atoms with Gasteiger partial charge in [-0.1, -0.05) is 54.6 Å². The van der Waals surface area contributed by atoms with Crippen LogP contribution < -0.4 is 26.4 Å². The van der Waals surface area contributed by atoms with E-state index in [1.165, 1.54) is 0 Å². The van der Waals surface area contributed by atoms with E-state index in [1.54, 1.807) is 6.20 Å². The normalized spacial score (nSPS) is 11.6. The number of carbonyl (C=O) groups excluding carboxylic acids is 2. The number of hydrogen-bond donors (Lipinski definition) is 5. The van der Waals surface area contributed by atoms with E-state index in [4.69, 9.17) is 29.4 Å². The zero-order chi connectivity index (χ0) is 39.8. The predicted octanol–water partition coefficient (Wildman–Crippen LogP) is 4.64. The summed E-state index contributed by atoms with van der Waals surface area (Å²) in [6, 6.07) is 22.4. The van der Waals surface area contributed by atoms with Crippen molar-refractivity contribution in [1.82, 2.24) is 15.6 Å². The number of aromatic nitrogens is 1. The molecule has 6 N–H and O–H groups in total. The molecule has 14 nitrogen and oxygen atoms in total. The second-order valence-electron chi connectivity index (χ2n) is 13.0. The molecule has 0 fully saturated rings. The summed E-state index contributed by atoms with van der Waals surface area (Å²) < 4.78 is 27.9. The van der Waals surface area contributed by atoms with Crippen LogP contribution in [0, 0.1) is 6.92 Å². The molecule has 1 unspecified atom stereocenters. The molecule has 0 aliphatic rings. The molecule has 2 amide bonds. The number of amides is 2. The number of anilines is 1. The number of carbonyl (C=O) groups is 3. The minimum Gasteiger partial charge on any atom is -0.491 e. The number of nitrogens with one attached hydrogen (secondary N) is 3. The highest BCUT2D eigenvalue weighted by molar-refractivity contribution is 6.00. The lowest BCUT2D eigenvalue weighted by Gasteiger charge is -2.19. The first-order valence-electron chi connectivity index (χ1n) is 19.0. The van der Waals surface area contributed by atoms with Crippen molar-refractivity contribution in [2.24, 2.45) is 5.73 Å². The van der Waals surface area contributed by atoms with Gasteiger partial charge in [-0.15, -0.1) is 0 Å². The third-order valence-electron chi connectivity index (χ3n) is 8.58. The largest absolute Gasteiger partial charge is 0.491 e. The smallest absolute Gasteiger partial charge is 0.305 e. The standard InChI is InChI=1S/C42H55N5O9/c1-31-15-18-45-39(28-31)44-17-5-4-8-40(48)46-30-41(49)47-37(29-42(50)51)33-11-9-32(10-12-33)34-13-14-38(36-7-3-2-6-35(34)36)56-27-26-55-25-24-54-23-22-53-21-20-52-19-16-43/h2-3,6-7,9-15,18,28,37H,4-5,8,16-17,19-27,29-30,43H2,1H3,(H,44,45)(H,46,48)(H,47,49)(H,50,51). The lowest BCUT2D eigenvalue weighted by molar-refractivity contribution is -0.138. The number of aryl methyl sites for hydroxylation is 1. The van der Waals surface area contributed by atoms with Gasteiger partial charge in [0.25, 0.3) is 0 Å². The Morgan fingerprint density at radius 2 is 1.43 bits per heavy atom. The molecule has 302 valence electrons. The van der Waals surface area contributed by atoms with E-state index in [-0.39, 0.29) is 25.3 Å². The third kappa shape index (κ3) is 15.9. The second-order valence-corrected chi connectivity index (χ2v) is 13.0. The maximum absolute atomic E-state index is 12.8. The van der Waals surface area contributed by atoms with Gasteiger partial charge in [-0.2, -0.15) is 0 Å². The number of hydrogen-bond acceptors (Lipinski definition) is 11. The summed E-state index contributed by atoms with van der Waals surface area (Å²) in [5.74, 6) is -0.242. The average molecular weight is 774 g/mol. The first kappa shape index (κ1) is 43.6. The van der Waals surface area contributed by atoms with Crippen molar-refractivity contribution in [2.45, 2.75) is 38.6 Å². The molecule has 56 heavy (non-hydrogen) atoms. The van der Waals surface area contributed by atoms with Gasteiger partial charge in [-0.25, -0.2) is 4.98 Å². The monoisotopic (exact) mass is 773 g/mol. The molecular weight excluding hydrogens is 718 g/mol. The van der Waals surface area contributed by atoms with Gasteiger partial charge in [0.1, 0.15) is 18.2 Å². The number of pyridine rings is 1. The summed E-state index contributed by atoms with van der Waals surface area (Å²) in [5.41, 5.74) is 9.02. The Kier molecular flexibility index (Phi) is 19.6. The summed E-state index contributed by atoms with van der Waals surface area (Å²) in [4.78, 5) is 41.1. The van der Waals surface area contributed by atoms with Crippen LogP contribution in [-0.2, 0) is 33.3 Å². The zero-order valence-electron chi connectivity index (χ0n) is 32.1. The van der Waals surface area contributed by atoms with Crippen LogP contribution in [0.4, 0.5) is 5.82 Å². The molecule has 14 heteroatoms. The Labute approximate surface area is 328 Å². The van der Waals surface area contributed by atoms with E-state index in [2.05, 4.69) is 20.9 Å². The van der Waals surface area contributed by atoms with Crippen molar-refractivity contribution in [3.8, 4) is 16.9 Å². The van der Waals surface area contributed by atoms with Crippen LogP contribution in [0.15, 0.2) is 79.0 Å². The molecule has 0 spiro atoms. The van der Waals surface area contributed by atoms with E-state index < -0.39 is 17.9 Å². The lowest BCUT2D eigenvalue weighted by Crippen LogP contribution is -2.39. The minimum atomic E-state index is -1.06. The number of carboxylic acid groups (broad SMARTS) is 1.